The summed E-state index contributed by atoms with van der Waals surface area (Å²) in [5, 5.41) is 8.74. The summed E-state index contributed by atoms with van der Waals surface area (Å²) in [6.45, 7) is 4.85. The van der Waals surface area contributed by atoms with Crippen molar-refractivity contribution < 1.29 is 14.1 Å². The molecule has 0 heterocycles. The van der Waals surface area contributed by atoms with E-state index in [1.165, 1.54) is 26.2 Å². The highest BCUT2D eigenvalue weighted by Gasteiger charge is 2.34. The number of esters is 1. The number of hydrogen-bond donors (Lipinski definition) is 0. The van der Waals surface area contributed by atoms with Crippen molar-refractivity contribution in [2.45, 2.75) is 102 Å². The standard InChI is InChI=1S/C17H31N2O3P/c1-13(20)22-17(2,3)19-18-15-11-7-8-12-16(15)23(21)14-9-5-4-6-10-14/h14-16,23H,4-12H2,1-3H3. The first-order chi connectivity index (χ1) is 10.9. The molecule has 0 aliphatic heterocycles. The van der Waals surface area contributed by atoms with Crippen molar-refractivity contribution >= 4 is 13.8 Å². The zero-order valence-corrected chi connectivity index (χ0v) is 15.7. The normalized spacial score (nSPS) is 28.7. The summed E-state index contributed by atoms with van der Waals surface area (Å²) in [5.41, 5.74) is -0.334. The molecule has 6 heteroatoms. The second-order valence-corrected chi connectivity index (χ2v) is 9.81. The van der Waals surface area contributed by atoms with Crippen LogP contribution in [0.2, 0.25) is 0 Å². The molecule has 0 radical (unpaired) electrons. The van der Waals surface area contributed by atoms with Gasteiger partial charge in [-0.2, -0.15) is 5.11 Å². The Balaban J connectivity index is 2.02. The molecule has 0 aromatic heterocycles. The topological polar surface area (TPSA) is 68.1 Å². The molecule has 5 nitrogen and oxygen atoms in total. The van der Waals surface area contributed by atoms with Crippen molar-refractivity contribution in [3.05, 3.63) is 0 Å². The number of rotatable bonds is 5. The molecule has 2 aliphatic rings. The average Bonchev–Trinajstić information content (AvgIpc) is 2.52. The molecule has 2 rings (SSSR count). The highest BCUT2D eigenvalue weighted by atomic mass is 31.1. The third-order valence-electron chi connectivity index (χ3n) is 4.94. The molecule has 0 spiro atoms. The fraction of sp³-hybridized carbons (Fsp3) is 0.941. The lowest BCUT2D eigenvalue weighted by Crippen LogP contribution is -2.30. The van der Waals surface area contributed by atoms with Crippen LogP contribution in [0.4, 0.5) is 0 Å². The minimum Gasteiger partial charge on any atom is -0.436 e. The lowest BCUT2D eigenvalue weighted by Gasteiger charge is -2.32. The van der Waals surface area contributed by atoms with Gasteiger partial charge in [0, 0.05) is 18.2 Å². The minimum atomic E-state index is -1.64. The molecule has 0 amide bonds. The number of carbonyl (C=O) groups is 1. The number of nitrogens with zero attached hydrogens (tertiary/aromatic N) is 2. The molecular weight excluding hydrogens is 311 g/mol. The van der Waals surface area contributed by atoms with Gasteiger partial charge < -0.3 is 9.30 Å². The third kappa shape index (κ3) is 5.70. The maximum Gasteiger partial charge on any atom is 0.304 e. The van der Waals surface area contributed by atoms with Crippen molar-refractivity contribution in [3.8, 4) is 0 Å². The molecule has 2 saturated carbocycles. The van der Waals surface area contributed by atoms with E-state index in [1.54, 1.807) is 13.8 Å². The van der Waals surface area contributed by atoms with Gasteiger partial charge in [-0.1, -0.05) is 32.1 Å². The van der Waals surface area contributed by atoms with Crippen LogP contribution in [0.5, 0.6) is 0 Å². The van der Waals surface area contributed by atoms with E-state index < -0.39 is 13.5 Å². The number of azo groups is 1. The lowest BCUT2D eigenvalue weighted by molar-refractivity contribution is -0.153. The van der Waals surface area contributed by atoms with Crippen LogP contribution in [0, 0.1) is 0 Å². The summed E-state index contributed by atoms with van der Waals surface area (Å²) in [6, 6.07) is 0.0342. The highest BCUT2D eigenvalue weighted by Crippen LogP contribution is 2.48. The van der Waals surface area contributed by atoms with E-state index in [4.69, 9.17) is 4.74 Å². The van der Waals surface area contributed by atoms with Gasteiger partial charge in [0.25, 0.3) is 0 Å². The summed E-state index contributed by atoms with van der Waals surface area (Å²) in [7, 11) is -1.64. The molecular formula is C17H31N2O3P. The molecule has 3 atom stereocenters. The molecule has 0 saturated heterocycles. The van der Waals surface area contributed by atoms with Crippen LogP contribution in [0.25, 0.3) is 0 Å². The quantitative estimate of drug-likeness (QED) is 0.403. The van der Waals surface area contributed by atoms with Crippen LogP contribution in [0.15, 0.2) is 10.2 Å². The smallest absolute Gasteiger partial charge is 0.304 e. The molecule has 0 aromatic carbocycles. The fourth-order valence-corrected chi connectivity index (χ4v) is 6.54. The number of hydrogen-bond acceptors (Lipinski definition) is 5. The molecule has 132 valence electrons. The summed E-state index contributed by atoms with van der Waals surface area (Å²) in [5.74, 6) is -0.357. The molecule has 0 aromatic rings. The third-order valence-corrected chi connectivity index (χ3v) is 7.73. The number of ether oxygens (including phenoxy) is 1. The Bertz CT molecular complexity index is 459. The zero-order chi connectivity index (χ0) is 16.9. The molecule has 0 bridgehead atoms. The monoisotopic (exact) mass is 342 g/mol. The summed E-state index contributed by atoms with van der Waals surface area (Å²) >= 11 is 0. The summed E-state index contributed by atoms with van der Waals surface area (Å²) < 4.78 is 18.2. The van der Waals surface area contributed by atoms with Gasteiger partial charge in [-0.25, -0.2) is 0 Å². The molecule has 2 aliphatic carbocycles. The Labute approximate surface area is 140 Å². The maximum absolute atomic E-state index is 13.1. The van der Waals surface area contributed by atoms with Gasteiger partial charge in [0.2, 0.25) is 5.72 Å². The van der Waals surface area contributed by atoms with E-state index in [2.05, 4.69) is 10.2 Å². The van der Waals surface area contributed by atoms with Crippen molar-refractivity contribution in [1.82, 2.24) is 0 Å². The van der Waals surface area contributed by atoms with Crippen LogP contribution in [-0.4, -0.2) is 29.1 Å². The zero-order valence-electron chi connectivity index (χ0n) is 14.7. The van der Waals surface area contributed by atoms with E-state index in [0.717, 1.165) is 38.5 Å². The maximum atomic E-state index is 13.1. The second kappa shape index (κ2) is 8.41. The minimum absolute atomic E-state index is 0.0342. The largest absolute Gasteiger partial charge is 0.436 e. The van der Waals surface area contributed by atoms with Gasteiger partial charge in [0.15, 0.2) is 0 Å². The SMILES string of the molecule is CC(=O)OC(C)(C)N=NC1CCCCC1[PH](=O)C1CCCCC1. The van der Waals surface area contributed by atoms with Crippen LogP contribution in [0.3, 0.4) is 0 Å². The fourth-order valence-electron chi connectivity index (χ4n) is 3.86. The van der Waals surface area contributed by atoms with E-state index in [1.807, 2.05) is 0 Å². The van der Waals surface area contributed by atoms with Crippen LogP contribution < -0.4 is 0 Å². The average molecular weight is 342 g/mol. The molecule has 23 heavy (non-hydrogen) atoms. The summed E-state index contributed by atoms with van der Waals surface area (Å²) in [4.78, 5) is 11.1. The second-order valence-electron chi connectivity index (χ2n) is 7.45. The summed E-state index contributed by atoms with van der Waals surface area (Å²) in [6.07, 6.45) is 10.2. The van der Waals surface area contributed by atoms with Crippen LogP contribution >= 0.6 is 7.80 Å². The first kappa shape index (κ1) is 18.6. The Morgan fingerprint density at radius 1 is 1.04 bits per heavy atom. The first-order valence-corrected chi connectivity index (χ1v) is 10.6. The van der Waals surface area contributed by atoms with Crippen LogP contribution in [-0.2, 0) is 14.1 Å². The molecule has 2 fully saturated rings. The highest BCUT2D eigenvalue weighted by molar-refractivity contribution is 7.46. The number of carbonyl (C=O) groups excluding carboxylic acids is 1. The van der Waals surface area contributed by atoms with Crippen molar-refractivity contribution in [2.24, 2.45) is 10.2 Å². The first-order valence-electron chi connectivity index (χ1n) is 9.04. The van der Waals surface area contributed by atoms with Gasteiger partial charge >= 0.3 is 5.97 Å². The Morgan fingerprint density at radius 3 is 2.30 bits per heavy atom. The Kier molecular flexibility index (Phi) is 6.82. The van der Waals surface area contributed by atoms with Gasteiger partial charge in [0.05, 0.1) is 13.8 Å². The van der Waals surface area contributed by atoms with E-state index in [9.17, 15) is 9.36 Å². The van der Waals surface area contributed by atoms with Crippen molar-refractivity contribution in [3.63, 3.8) is 0 Å². The van der Waals surface area contributed by atoms with E-state index >= 15 is 0 Å². The van der Waals surface area contributed by atoms with Gasteiger partial charge in [-0.15, -0.1) is 5.11 Å². The van der Waals surface area contributed by atoms with E-state index in [-0.39, 0.29) is 17.7 Å². The van der Waals surface area contributed by atoms with Gasteiger partial charge in [0.1, 0.15) is 0 Å². The van der Waals surface area contributed by atoms with E-state index in [0.29, 0.717) is 5.66 Å². The predicted octanol–water partition coefficient (Wildman–Crippen LogP) is 4.94. The Hall–Kier alpha value is -0.700. The van der Waals surface area contributed by atoms with Crippen molar-refractivity contribution in [1.29, 1.82) is 0 Å². The Morgan fingerprint density at radius 2 is 1.65 bits per heavy atom. The molecule has 0 N–H and O–H groups in total. The predicted molar refractivity (Wildman–Crippen MR) is 92.6 cm³/mol. The van der Waals surface area contributed by atoms with Gasteiger partial charge in [-0.05, 0) is 39.5 Å². The lowest BCUT2D eigenvalue weighted by atomic mass is 9.95. The van der Waals surface area contributed by atoms with Crippen LogP contribution in [0.1, 0.15) is 78.6 Å². The van der Waals surface area contributed by atoms with Crippen molar-refractivity contribution in [2.75, 3.05) is 0 Å². The molecule has 3 unspecified atom stereocenters. The van der Waals surface area contributed by atoms with Gasteiger partial charge in [-0.3, -0.25) is 4.79 Å².